The molecule has 0 spiro atoms. The molecule has 3 rings (SSSR count). The van der Waals surface area contributed by atoms with Crippen LogP contribution in [0.3, 0.4) is 0 Å². The Morgan fingerprint density at radius 3 is 2.25 bits per heavy atom. The number of benzene rings is 2. The molecule has 0 bridgehead atoms. The van der Waals surface area contributed by atoms with E-state index in [0.717, 1.165) is 24.3 Å². The zero-order valence-corrected chi connectivity index (χ0v) is 17.7. The fourth-order valence-corrected chi connectivity index (χ4v) is 4.39. The van der Waals surface area contributed by atoms with Gasteiger partial charge in [-0.1, -0.05) is 23.7 Å². The molecular formula is C20H26ClN3O3S. The number of hydrogen-bond donors (Lipinski definition) is 1. The first-order chi connectivity index (χ1) is 13.4. The molecule has 0 amide bonds. The Morgan fingerprint density at radius 1 is 1.07 bits per heavy atom. The van der Waals surface area contributed by atoms with Gasteiger partial charge in [-0.25, -0.2) is 13.1 Å². The van der Waals surface area contributed by atoms with Crippen molar-refractivity contribution in [2.45, 2.75) is 10.9 Å². The number of hydrogen-bond acceptors (Lipinski definition) is 5. The van der Waals surface area contributed by atoms with E-state index in [2.05, 4.69) is 33.9 Å². The van der Waals surface area contributed by atoms with E-state index in [0.29, 0.717) is 18.2 Å². The van der Waals surface area contributed by atoms with Crippen molar-refractivity contribution >= 4 is 27.3 Å². The SMILES string of the molecule is CN(C)c1ccc([C@H](CNS(=O)(=O)c2ccc(Cl)cc2)N2CCOCC2)cc1. The van der Waals surface area contributed by atoms with Gasteiger partial charge in [0.25, 0.3) is 0 Å². The molecule has 0 aromatic heterocycles. The van der Waals surface area contributed by atoms with Gasteiger partial charge in [0.2, 0.25) is 10.0 Å². The molecule has 1 heterocycles. The number of nitrogens with zero attached hydrogens (tertiary/aromatic N) is 2. The average molecular weight is 424 g/mol. The monoisotopic (exact) mass is 423 g/mol. The summed E-state index contributed by atoms with van der Waals surface area (Å²) in [5, 5.41) is 0.506. The Morgan fingerprint density at radius 2 is 1.68 bits per heavy atom. The molecule has 0 radical (unpaired) electrons. The molecule has 28 heavy (non-hydrogen) atoms. The number of halogens is 1. The van der Waals surface area contributed by atoms with Gasteiger partial charge in [-0.3, -0.25) is 4.90 Å². The quantitative estimate of drug-likeness (QED) is 0.742. The van der Waals surface area contributed by atoms with Crippen LogP contribution in [-0.4, -0.2) is 60.3 Å². The Labute approximate surface area is 172 Å². The van der Waals surface area contributed by atoms with Crippen molar-refractivity contribution in [3.8, 4) is 0 Å². The minimum absolute atomic E-state index is 0.0674. The van der Waals surface area contributed by atoms with Crippen LogP contribution in [0.2, 0.25) is 5.02 Å². The van der Waals surface area contributed by atoms with Crippen LogP contribution in [0.4, 0.5) is 5.69 Å². The van der Waals surface area contributed by atoms with Crippen LogP contribution in [-0.2, 0) is 14.8 Å². The number of morpholine rings is 1. The zero-order chi connectivity index (χ0) is 20.1. The molecule has 2 aromatic rings. The molecule has 1 atom stereocenters. The van der Waals surface area contributed by atoms with Crippen molar-refractivity contribution in [1.82, 2.24) is 9.62 Å². The normalized spacial score (nSPS) is 16.7. The summed E-state index contributed by atoms with van der Waals surface area (Å²) in [4.78, 5) is 4.51. The summed E-state index contributed by atoms with van der Waals surface area (Å²) in [5.41, 5.74) is 2.18. The maximum absolute atomic E-state index is 12.7. The van der Waals surface area contributed by atoms with Crippen molar-refractivity contribution in [3.63, 3.8) is 0 Å². The van der Waals surface area contributed by atoms with Crippen LogP contribution in [0.15, 0.2) is 53.4 Å². The van der Waals surface area contributed by atoms with Gasteiger partial charge in [0.15, 0.2) is 0 Å². The first kappa shape index (κ1) is 21.1. The topological polar surface area (TPSA) is 61.9 Å². The van der Waals surface area contributed by atoms with Crippen LogP contribution >= 0.6 is 11.6 Å². The molecule has 1 N–H and O–H groups in total. The van der Waals surface area contributed by atoms with Crippen molar-refractivity contribution in [2.75, 3.05) is 51.8 Å². The second-order valence-corrected chi connectivity index (χ2v) is 9.16. The Bertz CT molecular complexity index is 865. The van der Waals surface area contributed by atoms with Gasteiger partial charge in [-0.05, 0) is 42.0 Å². The lowest BCUT2D eigenvalue weighted by molar-refractivity contribution is 0.0172. The zero-order valence-electron chi connectivity index (χ0n) is 16.1. The van der Waals surface area contributed by atoms with Gasteiger partial charge in [0.1, 0.15) is 0 Å². The summed E-state index contributed by atoms with van der Waals surface area (Å²) < 4.78 is 33.6. The molecule has 1 aliphatic rings. The Hall–Kier alpha value is -1.64. The van der Waals surface area contributed by atoms with Crippen LogP contribution in [0.25, 0.3) is 0 Å². The lowest BCUT2D eigenvalue weighted by Gasteiger charge is -2.35. The van der Waals surface area contributed by atoms with Gasteiger partial charge in [0.05, 0.1) is 18.1 Å². The van der Waals surface area contributed by atoms with Crippen LogP contribution in [0.1, 0.15) is 11.6 Å². The number of nitrogens with one attached hydrogen (secondary N) is 1. The van der Waals surface area contributed by atoms with Crippen LogP contribution < -0.4 is 9.62 Å². The highest BCUT2D eigenvalue weighted by Gasteiger charge is 2.25. The van der Waals surface area contributed by atoms with Crippen LogP contribution in [0.5, 0.6) is 0 Å². The van der Waals surface area contributed by atoms with Gasteiger partial charge >= 0.3 is 0 Å². The summed E-state index contributed by atoms with van der Waals surface area (Å²) in [6.45, 7) is 3.12. The second-order valence-electron chi connectivity index (χ2n) is 6.96. The first-order valence-electron chi connectivity index (χ1n) is 9.21. The fraction of sp³-hybridized carbons (Fsp3) is 0.400. The predicted octanol–water partition coefficient (Wildman–Crippen LogP) is 2.76. The van der Waals surface area contributed by atoms with E-state index in [4.69, 9.17) is 16.3 Å². The highest BCUT2D eigenvalue weighted by Crippen LogP contribution is 2.24. The molecule has 2 aromatic carbocycles. The molecule has 1 saturated heterocycles. The third-order valence-corrected chi connectivity index (χ3v) is 6.56. The van der Waals surface area contributed by atoms with E-state index in [1.807, 2.05) is 19.0 Å². The van der Waals surface area contributed by atoms with E-state index in [9.17, 15) is 8.42 Å². The smallest absolute Gasteiger partial charge is 0.240 e. The lowest BCUT2D eigenvalue weighted by atomic mass is 10.0. The molecule has 0 aliphatic carbocycles. The summed E-state index contributed by atoms with van der Waals surface area (Å²) >= 11 is 5.87. The summed E-state index contributed by atoms with van der Waals surface area (Å²) in [6, 6.07) is 14.3. The fourth-order valence-electron chi connectivity index (χ4n) is 3.23. The highest BCUT2D eigenvalue weighted by atomic mass is 35.5. The minimum Gasteiger partial charge on any atom is -0.379 e. The van der Waals surface area contributed by atoms with E-state index in [1.165, 1.54) is 12.1 Å². The van der Waals surface area contributed by atoms with Gasteiger partial charge in [-0.15, -0.1) is 0 Å². The standard InChI is InChI=1S/C20H26ClN3O3S/c1-23(2)18-7-3-16(4-8-18)20(24-11-13-27-14-12-24)15-22-28(25,26)19-9-5-17(21)6-10-19/h3-10,20,22H,11-15H2,1-2H3/t20-/m0/s1. The number of anilines is 1. The van der Waals surface area contributed by atoms with Crippen molar-refractivity contribution in [3.05, 3.63) is 59.1 Å². The third-order valence-electron chi connectivity index (χ3n) is 4.87. The maximum Gasteiger partial charge on any atom is 0.240 e. The van der Waals surface area contributed by atoms with Crippen molar-refractivity contribution in [2.24, 2.45) is 0 Å². The largest absolute Gasteiger partial charge is 0.379 e. The minimum atomic E-state index is -3.62. The maximum atomic E-state index is 12.7. The van der Waals surface area contributed by atoms with E-state index >= 15 is 0 Å². The highest BCUT2D eigenvalue weighted by molar-refractivity contribution is 7.89. The Kier molecular flexibility index (Phi) is 6.95. The molecule has 8 heteroatoms. The summed E-state index contributed by atoms with van der Waals surface area (Å²) in [5.74, 6) is 0. The second kappa shape index (κ2) is 9.24. The van der Waals surface area contributed by atoms with E-state index < -0.39 is 10.0 Å². The van der Waals surface area contributed by atoms with Gasteiger partial charge in [0, 0.05) is 50.5 Å². The molecule has 1 aliphatic heterocycles. The van der Waals surface area contributed by atoms with Crippen molar-refractivity contribution in [1.29, 1.82) is 0 Å². The Balaban J connectivity index is 1.79. The van der Waals surface area contributed by atoms with E-state index in [1.54, 1.807) is 12.1 Å². The van der Waals surface area contributed by atoms with E-state index in [-0.39, 0.29) is 17.5 Å². The molecule has 1 fully saturated rings. The van der Waals surface area contributed by atoms with Crippen LogP contribution in [0, 0.1) is 0 Å². The number of rotatable bonds is 7. The molecular weight excluding hydrogens is 398 g/mol. The third kappa shape index (κ3) is 5.24. The molecule has 0 saturated carbocycles. The molecule has 6 nitrogen and oxygen atoms in total. The molecule has 152 valence electrons. The summed E-state index contributed by atoms with van der Waals surface area (Å²) in [6.07, 6.45) is 0. The van der Waals surface area contributed by atoms with Crippen molar-refractivity contribution < 1.29 is 13.2 Å². The number of ether oxygens (including phenoxy) is 1. The lowest BCUT2D eigenvalue weighted by Crippen LogP contribution is -2.43. The van der Waals surface area contributed by atoms with Gasteiger partial charge < -0.3 is 9.64 Å². The van der Waals surface area contributed by atoms with Gasteiger partial charge in [-0.2, -0.15) is 0 Å². The molecule has 0 unspecified atom stereocenters. The average Bonchev–Trinajstić information content (AvgIpc) is 2.69. The number of sulfonamides is 1. The first-order valence-corrected chi connectivity index (χ1v) is 11.1. The predicted molar refractivity (Wildman–Crippen MR) is 113 cm³/mol. The summed E-state index contributed by atoms with van der Waals surface area (Å²) in [7, 11) is 0.374.